The van der Waals surface area contributed by atoms with Crippen molar-refractivity contribution in [1.29, 1.82) is 0 Å². The highest BCUT2D eigenvalue weighted by Crippen LogP contribution is 2.30. The van der Waals surface area contributed by atoms with Gasteiger partial charge in [-0.05, 0) is 61.2 Å². The van der Waals surface area contributed by atoms with Gasteiger partial charge in [0.2, 0.25) is 0 Å². The average Bonchev–Trinajstić information content (AvgIpc) is 2.44. The third-order valence-electron chi connectivity index (χ3n) is 5.13. The minimum atomic E-state index is -0.440. The number of quaternary nitrogens is 1. The first-order valence-corrected chi connectivity index (χ1v) is 8.63. The molecule has 0 aromatic heterocycles. The second kappa shape index (κ2) is 7.12. The van der Waals surface area contributed by atoms with E-state index in [9.17, 15) is 5.11 Å². The van der Waals surface area contributed by atoms with Gasteiger partial charge in [0.1, 0.15) is 25.0 Å². The van der Waals surface area contributed by atoms with E-state index in [2.05, 4.69) is 36.8 Å². The number of nitrogens with zero attached hydrogens (tertiary/aromatic N) is 1. The van der Waals surface area contributed by atoms with Gasteiger partial charge in [0.05, 0.1) is 23.6 Å². The molecule has 0 spiro atoms. The van der Waals surface area contributed by atoms with Crippen LogP contribution in [0.2, 0.25) is 0 Å². The number of hydrogen-bond donors (Lipinski definition) is 1. The summed E-state index contributed by atoms with van der Waals surface area (Å²) in [4.78, 5) is 0. The number of benzene rings is 1. The van der Waals surface area contributed by atoms with Gasteiger partial charge in [-0.3, -0.25) is 0 Å². The zero-order valence-corrected chi connectivity index (χ0v) is 14.8. The fraction of sp³-hybridized carbons (Fsp3) is 0.647. The molecule has 21 heavy (non-hydrogen) atoms. The minimum absolute atomic E-state index is 0.343. The third kappa shape index (κ3) is 3.99. The molecule has 1 aromatic rings. The molecule has 1 fully saturated rings. The van der Waals surface area contributed by atoms with Gasteiger partial charge in [0.25, 0.3) is 0 Å². The molecule has 1 aliphatic heterocycles. The van der Waals surface area contributed by atoms with Gasteiger partial charge < -0.3 is 14.3 Å². The standard InChI is InChI=1S/C17H27BrNO2/c1-13-7-6-8-14(2)19(13,3)11-15(20)12-21-17-10-5-4-9-16(17)18/h4-5,9-10,13-15,20H,6-8,11-12H2,1-3H3/q+1. The molecular formula is C17H27BrNO2+. The van der Waals surface area contributed by atoms with Crippen LogP contribution in [0.4, 0.5) is 0 Å². The molecular weight excluding hydrogens is 330 g/mol. The van der Waals surface area contributed by atoms with Crippen molar-refractivity contribution in [3.63, 3.8) is 0 Å². The summed E-state index contributed by atoms with van der Waals surface area (Å²) >= 11 is 3.46. The van der Waals surface area contributed by atoms with Crippen molar-refractivity contribution in [2.75, 3.05) is 20.2 Å². The normalized spacial score (nSPS) is 30.9. The number of para-hydroxylation sites is 1. The molecule has 1 N–H and O–H groups in total. The first-order chi connectivity index (χ1) is 9.93. The van der Waals surface area contributed by atoms with Crippen LogP contribution in [-0.2, 0) is 0 Å². The second-order valence-electron chi connectivity index (χ2n) is 6.55. The molecule has 2 rings (SSSR count). The van der Waals surface area contributed by atoms with E-state index in [1.54, 1.807) is 0 Å². The van der Waals surface area contributed by atoms with Crippen LogP contribution in [-0.4, -0.2) is 48.0 Å². The number of likely N-dealkylation sites (tertiary alicyclic amines) is 1. The molecule has 0 radical (unpaired) electrons. The number of likely N-dealkylation sites (N-methyl/N-ethyl adjacent to an activating group) is 1. The highest BCUT2D eigenvalue weighted by molar-refractivity contribution is 9.10. The van der Waals surface area contributed by atoms with Crippen LogP contribution in [0.1, 0.15) is 33.1 Å². The quantitative estimate of drug-likeness (QED) is 0.816. The van der Waals surface area contributed by atoms with Gasteiger partial charge in [0.15, 0.2) is 0 Å². The summed E-state index contributed by atoms with van der Waals surface area (Å²) in [6.07, 6.45) is 3.36. The van der Waals surface area contributed by atoms with Gasteiger partial charge in [-0.1, -0.05) is 12.1 Å². The van der Waals surface area contributed by atoms with Gasteiger partial charge in [-0.15, -0.1) is 0 Å². The Morgan fingerprint density at radius 1 is 1.29 bits per heavy atom. The fourth-order valence-electron chi connectivity index (χ4n) is 3.35. The van der Waals surface area contributed by atoms with E-state index >= 15 is 0 Å². The van der Waals surface area contributed by atoms with Gasteiger partial charge in [-0.25, -0.2) is 0 Å². The summed E-state index contributed by atoms with van der Waals surface area (Å²) in [5.41, 5.74) is 0. The molecule has 0 bridgehead atoms. The van der Waals surface area contributed by atoms with Crippen molar-refractivity contribution >= 4 is 15.9 Å². The van der Waals surface area contributed by atoms with Crippen molar-refractivity contribution in [2.24, 2.45) is 0 Å². The SMILES string of the molecule is CC1CCCC(C)[N+]1(C)CC(O)COc1ccccc1Br. The molecule has 4 heteroatoms. The molecule has 0 saturated carbocycles. The molecule has 0 aliphatic carbocycles. The van der Waals surface area contributed by atoms with Crippen molar-refractivity contribution in [3.05, 3.63) is 28.7 Å². The average molecular weight is 357 g/mol. The third-order valence-corrected chi connectivity index (χ3v) is 5.78. The number of aliphatic hydroxyl groups is 1. The maximum Gasteiger partial charge on any atom is 0.137 e. The van der Waals surface area contributed by atoms with Crippen LogP contribution in [0.15, 0.2) is 28.7 Å². The lowest BCUT2D eigenvalue weighted by Gasteiger charge is -2.49. The van der Waals surface area contributed by atoms with Crippen LogP contribution in [0.3, 0.4) is 0 Å². The largest absolute Gasteiger partial charge is 0.489 e. The van der Waals surface area contributed by atoms with E-state index in [-0.39, 0.29) is 0 Å². The van der Waals surface area contributed by atoms with Gasteiger partial charge >= 0.3 is 0 Å². The van der Waals surface area contributed by atoms with Gasteiger partial charge in [-0.2, -0.15) is 0 Å². The van der Waals surface area contributed by atoms with Crippen molar-refractivity contribution in [2.45, 2.75) is 51.3 Å². The number of halogens is 1. The maximum atomic E-state index is 10.4. The van der Waals surface area contributed by atoms with E-state index in [4.69, 9.17) is 4.74 Å². The molecule has 0 amide bonds. The Labute approximate surface area is 136 Å². The Kier molecular flexibility index (Phi) is 5.69. The fourth-order valence-corrected chi connectivity index (χ4v) is 3.75. The molecule has 1 heterocycles. The van der Waals surface area contributed by atoms with E-state index in [1.165, 1.54) is 19.3 Å². The van der Waals surface area contributed by atoms with E-state index in [1.807, 2.05) is 24.3 Å². The maximum absolute atomic E-state index is 10.4. The van der Waals surface area contributed by atoms with E-state index in [0.29, 0.717) is 18.7 Å². The first-order valence-electron chi connectivity index (χ1n) is 7.83. The topological polar surface area (TPSA) is 29.5 Å². The lowest BCUT2D eigenvalue weighted by Crippen LogP contribution is -2.62. The summed E-state index contributed by atoms with van der Waals surface area (Å²) in [6, 6.07) is 8.97. The zero-order valence-electron chi connectivity index (χ0n) is 13.3. The summed E-state index contributed by atoms with van der Waals surface area (Å²) < 4.78 is 7.62. The monoisotopic (exact) mass is 356 g/mol. The molecule has 3 unspecified atom stereocenters. The van der Waals surface area contributed by atoms with Crippen LogP contribution in [0.5, 0.6) is 5.75 Å². The summed E-state index contributed by atoms with van der Waals surface area (Å²) in [6.45, 7) is 5.71. The van der Waals surface area contributed by atoms with E-state index in [0.717, 1.165) is 21.3 Å². The number of rotatable bonds is 5. The van der Waals surface area contributed by atoms with Crippen LogP contribution < -0.4 is 4.74 Å². The Balaban J connectivity index is 1.92. The van der Waals surface area contributed by atoms with E-state index < -0.39 is 6.10 Å². The number of piperidine rings is 1. The Morgan fingerprint density at radius 3 is 2.52 bits per heavy atom. The first kappa shape index (κ1) is 16.8. The van der Waals surface area contributed by atoms with Crippen LogP contribution >= 0.6 is 15.9 Å². The number of hydrogen-bond acceptors (Lipinski definition) is 2. The van der Waals surface area contributed by atoms with Crippen LogP contribution in [0.25, 0.3) is 0 Å². The minimum Gasteiger partial charge on any atom is -0.489 e. The number of aliphatic hydroxyl groups excluding tert-OH is 1. The predicted molar refractivity (Wildman–Crippen MR) is 89.5 cm³/mol. The summed E-state index contributed by atoms with van der Waals surface area (Å²) in [7, 11) is 2.27. The summed E-state index contributed by atoms with van der Waals surface area (Å²) in [5, 5.41) is 10.4. The molecule has 3 nitrogen and oxygen atoms in total. The van der Waals surface area contributed by atoms with Crippen molar-refractivity contribution < 1.29 is 14.3 Å². The molecule has 3 atom stereocenters. The Hall–Kier alpha value is -0.580. The van der Waals surface area contributed by atoms with Crippen molar-refractivity contribution in [3.8, 4) is 5.75 Å². The van der Waals surface area contributed by atoms with Crippen molar-refractivity contribution in [1.82, 2.24) is 0 Å². The smallest absolute Gasteiger partial charge is 0.137 e. The Bertz CT molecular complexity index is 456. The molecule has 1 aliphatic rings. The van der Waals surface area contributed by atoms with Crippen LogP contribution in [0, 0.1) is 0 Å². The Morgan fingerprint density at radius 2 is 1.90 bits per heavy atom. The number of ether oxygens (including phenoxy) is 1. The molecule has 1 aromatic carbocycles. The molecule has 118 valence electrons. The van der Waals surface area contributed by atoms with Gasteiger partial charge in [0, 0.05) is 0 Å². The highest BCUT2D eigenvalue weighted by Gasteiger charge is 2.39. The lowest BCUT2D eigenvalue weighted by atomic mass is 9.93. The summed E-state index contributed by atoms with van der Waals surface area (Å²) in [5.74, 6) is 0.791. The predicted octanol–water partition coefficient (Wildman–Crippen LogP) is 3.60. The highest BCUT2D eigenvalue weighted by atomic mass is 79.9. The molecule has 1 saturated heterocycles. The second-order valence-corrected chi connectivity index (χ2v) is 7.41. The zero-order chi connectivity index (χ0) is 15.5. The lowest BCUT2D eigenvalue weighted by molar-refractivity contribution is -0.960.